The molecular weight excluding hydrogens is 459 g/mol. The fraction of sp³-hybridized carbons (Fsp3) is 0.217. The molecule has 2 aromatic carbocycles. The van der Waals surface area contributed by atoms with Gasteiger partial charge in [0.2, 0.25) is 5.91 Å². The first-order valence-corrected chi connectivity index (χ1v) is 10.2. The van der Waals surface area contributed by atoms with Crippen LogP contribution in [0, 0.1) is 0 Å². The molecule has 3 aromatic rings. The molecule has 1 N–H and O–H groups in total. The molecule has 1 heterocycles. The molecule has 0 aliphatic rings. The number of amides is 1. The number of aromatic nitrogens is 2. The predicted molar refractivity (Wildman–Crippen MR) is 120 cm³/mol. The Morgan fingerprint density at radius 3 is 2.61 bits per heavy atom. The van der Waals surface area contributed by atoms with Crippen LogP contribution in [-0.4, -0.2) is 28.9 Å². The van der Waals surface area contributed by atoms with Gasteiger partial charge in [0.1, 0.15) is 0 Å². The van der Waals surface area contributed by atoms with Crippen LogP contribution >= 0.6 is 11.6 Å². The lowest BCUT2D eigenvalue weighted by Gasteiger charge is -2.16. The molecule has 1 aromatic heterocycles. The van der Waals surface area contributed by atoms with Crippen molar-refractivity contribution in [2.75, 3.05) is 12.4 Å². The van der Waals surface area contributed by atoms with Crippen molar-refractivity contribution in [2.45, 2.75) is 26.1 Å². The van der Waals surface area contributed by atoms with E-state index in [0.29, 0.717) is 17.1 Å². The Morgan fingerprint density at radius 1 is 1.24 bits per heavy atom. The molecule has 0 radical (unpaired) electrons. The first kappa shape index (κ1) is 24.2. The van der Waals surface area contributed by atoms with Crippen molar-refractivity contribution in [2.24, 2.45) is 0 Å². The molecule has 174 valence electrons. The topological polar surface area (TPSA) is 65.4 Å². The van der Waals surface area contributed by atoms with Crippen LogP contribution in [0.2, 0.25) is 5.02 Å². The fourth-order valence-corrected chi connectivity index (χ4v) is 3.24. The van der Waals surface area contributed by atoms with Crippen LogP contribution in [0.3, 0.4) is 0 Å². The molecule has 6 nitrogen and oxygen atoms in total. The molecule has 3 rings (SSSR count). The number of carbonyl (C=O) groups is 1. The van der Waals surface area contributed by atoms with E-state index in [4.69, 9.17) is 21.1 Å². The van der Waals surface area contributed by atoms with Crippen molar-refractivity contribution in [3.8, 4) is 17.2 Å². The van der Waals surface area contributed by atoms with Crippen LogP contribution in [0.4, 0.5) is 18.9 Å². The van der Waals surface area contributed by atoms with Gasteiger partial charge in [-0.2, -0.15) is 18.3 Å². The average Bonchev–Trinajstić information content (AvgIpc) is 3.28. The lowest BCUT2D eigenvalue weighted by molar-refractivity contribution is -0.137. The Morgan fingerprint density at radius 2 is 2.00 bits per heavy atom. The van der Waals surface area contributed by atoms with Gasteiger partial charge in [-0.05, 0) is 61.9 Å². The van der Waals surface area contributed by atoms with Gasteiger partial charge >= 0.3 is 6.18 Å². The van der Waals surface area contributed by atoms with Crippen molar-refractivity contribution in [1.82, 2.24) is 9.78 Å². The third-order valence-corrected chi connectivity index (χ3v) is 4.65. The molecule has 0 aliphatic carbocycles. The van der Waals surface area contributed by atoms with Gasteiger partial charge in [0.15, 0.2) is 11.5 Å². The minimum atomic E-state index is -4.68. The molecule has 0 bridgehead atoms. The smallest absolute Gasteiger partial charge is 0.418 e. The van der Waals surface area contributed by atoms with Gasteiger partial charge in [-0.1, -0.05) is 11.6 Å². The second-order valence-electron chi connectivity index (χ2n) is 7.20. The number of carbonyl (C=O) groups excluding carboxylic acids is 1. The monoisotopic (exact) mass is 479 g/mol. The molecule has 0 saturated carbocycles. The molecule has 10 heteroatoms. The predicted octanol–water partition coefficient (Wildman–Crippen LogP) is 5.99. The van der Waals surface area contributed by atoms with Crippen molar-refractivity contribution >= 4 is 29.3 Å². The van der Waals surface area contributed by atoms with E-state index >= 15 is 0 Å². The highest BCUT2D eigenvalue weighted by Crippen LogP contribution is 2.38. The maximum atomic E-state index is 13.6. The number of anilines is 1. The number of alkyl halides is 3. The standard InChI is InChI=1S/C23H21ClF3N3O3/c1-14(2)33-22-18(24)11-15(12-20(22)32-3)5-8-21(31)29-19-7-6-16(30-10-4-9-28-30)13-17(19)23(25,26)27/h4-14H,1-3H3,(H,29,31)/b8-5+. The molecule has 0 fully saturated rings. The number of ether oxygens (including phenoxy) is 2. The van der Waals surface area contributed by atoms with Crippen LogP contribution < -0.4 is 14.8 Å². The fourth-order valence-electron chi connectivity index (χ4n) is 2.97. The summed E-state index contributed by atoms with van der Waals surface area (Å²) in [5.41, 5.74) is -0.638. The van der Waals surface area contributed by atoms with E-state index in [0.717, 1.165) is 12.1 Å². The molecule has 0 aliphatic heterocycles. The van der Waals surface area contributed by atoms with Gasteiger partial charge in [0.05, 0.1) is 35.2 Å². The highest BCUT2D eigenvalue weighted by Gasteiger charge is 2.34. The summed E-state index contributed by atoms with van der Waals surface area (Å²) in [6.45, 7) is 3.68. The summed E-state index contributed by atoms with van der Waals surface area (Å²) in [4.78, 5) is 12.4. The molecule has 1 amide bonds. The Balaban J connectivity index is 1.83. The Hall–Kier alpha value is -3.46. The van der Waals surface area contributed by atoms with Crippen LogP contribution in [0.25, 0.3) is 11.8 Å². The second-order valence-corrected chi connectivity index (χ2v) is 7.61. The maximum Gasteiger partial charge on any atom is 0.418 e. The van der Waals surface area contributed by atoms with E-state index in [1.165, 1.54) is 42.4 Å². The van der Waals surface area contributed by atoms with Gasteiger partial charge < -0.3 is 14.8 Å². The average molecular weight is 480 g/mol. The lowest BCUT2D eigenvalue weighted by atomic mass is 10.1. The zero-order valence-electron chi connectivity index (χ0n) is 18.0. The van der Waals surface area contributed by atoms with Crippen LogP contribution in [0.1, 0.15) is 25.0 Å². The third-order valence-electron chi connectivity index (χ3n) is 4.37. The van der Waals surface area contributed by atoms with Crippen molar-refractivity contribution < 1.29 is 27.4 Å². The van der Waals surface area contributed by atoms with E-state index in [1.807, 2.05) is 13.8 Å². The molecule has 0 unspecified atom stereocenters. The van der Waals surface area contributed by atoms with E-state index in [9.17, 15) is 18.0 Å². The van der Waals surface area contributed by atoms with Gasteiger partial charge in [0, 0.05) is 18.5 Å². The summed E-state index contributed by atoms with van der Waals surface area (Å²) >= 11 is 6.26. The summed E-state index contributed by atoms with van der Waals surface area (Å²) in [5, 5.41) is 6.48. The summed E-state index contributed by atoms with van der Waals surface area (Å²) in [6, 6.07) is 8.29. The number of nitrogens with one attached hydrogen (secondary N) is 1. The summed E-state index contributed by atoms with van der Waals surface area (Å²) in [7, 11) is 1.45. The summed E-state index contributed by atoms with van der Waals surface area (Å²) < 4.78 is 53.0. The van der Waals surface area contributed by atoms with E-state index in [-0.39, 0.29) is 22.5 Å². The van der Waals surface area contributed by atoms with Crippen molar-refractivity contribution in [1.29, 1.82) is 0 Å². The van der Waals surface area contributed by atoms with E-state index in [2.05, 4.69) is 10.4 Å². The Bertz CT molecular complexity index is 1160. The largest absolute Gasteiger partial charge is 0.493 e. The molecule has 33 heavy (non-hydrogen) atoms. The van der Waals surface area contributed by atoms with E-state index < -0.39 is 17.6 Å². The number of halogens is 4. The van der Waals surface area contributed by atoms with Crippen molar-refractivity contribution in [3.05, 3.63) is 71.0 Å². The Kier molecular flexibility index (Phi) is 7.33. The van der Waals surface area contributed by atoms with Gasteiger partial charge in [-0.15, -0.1) is 0 Å². The van der Waals surface area contributed by atoms with E-state index in [1.54, 1.807) is 18.2 Å². The van der Waals surface area contributed by atoms with Crippen molar-refractivity contribution in [3.63, 3.8) is 0 Å². The quantitative estimate of drug-likeness (QED) is 0.423. The highest BCUT2D eigenvalue weighted by atomic mass is 35.5. The first-order valence-electron chi connectivity index (χ1n) is 9.83. The molecular formula is C23H21ClF3N3O3. The lowest BCUT2D eigenvalue weighted by Crippen LogP contribution is -2.15. The number of nitrogens with zero attached hydrogens (tertiary/aromatic N) is 2. The van der Waals surface area contributed by atoms with Gasteiger partial charge in [-0.25, -0.2) is 4.68 Å². The number of hydrogen-bond acceptors (Lipinski definition) is 4. The van der Waals surface area contributed by atoms with Crippen LogP contribution in [0.5, 0.6) is 11.5 Å². The normalized spacial score (nSPS) is 11.8. The molecule has 0 saturated heterocycles. The highest BCUT2D eigenvalue weighted by molar-refractivity contribution is 6.32. The first-order chi connectivity index (χ1) is 15.6. The molecule has 0 spiro atoms. The van der Waals surface area contributed by atoms with Crippen LogP contribution in [-0.2, 0) is 11.0 Å². The number of rotatable bonds is 7. The zero-order chi connectivity index (χ0) is 24.2. The number of hydrogen-bond donors (Lipinski definition) is 1. The minimum Gasteiger partial charge on any atom is -0.493 e. The molecule has 0 atom stereocenters. The maximum absolute atomic E-state index is 13.6. The summed E-state index contributed by atoms with van der Waals surface area (Å²) in [6.07, 6.45) is 0.683. The van der Waals surface area contributed by atoms with Gasteiger partial charge in [-0.3, -0.25) is 4.79 Å². The second kappa shape index (κ2) is 9.99. The minimum absolute atomic E-state index is 0.133. The number of benzene rings is 2. The summed E-state index contributed by atoms with van der Waals surface area (Å²) in [5.74, 6) is -0.0161. The zero-order valence-corrected chi connectivity index (χ0v) is 18.7. The third kappa shape index (κ3) is 6.07. The van der Waals surface area contributed by atoms with Gasteiger partial charge in [0.25, 0.3) is 0 Å². The number of methoxy groups -OCH3 is 1. The SMILES string of the molecule is COc1cc(/C=C/C(=O)Nc2ccc(-n3cccn3)cc2C(F)(F)F)cc(Cl)c1OC(C)C. The van der Waals surface area contributed by atoms with Crippen LogP contribution in [0.15, 0.2) is 54.9 Å². The Labute approximate surface area is 193 Å².